The number of hydrogen-bond acceptors (Lipinski definition) is 3. The van der Waals surface area contributed by atoms with Gasteiger partial charge in [-0.3, -0.25) is 4.79 Å². The second-order valence-electron chi connectivity index (χ2n) is 5.95. The van der Waals surface area contributed by atoms with Crippen LogP contribution < -0.4 is 5.32 Å². The average Bonchev–Trinajstić information content (AvgIpc) is 3.28. The average molecular weight is 366 g/mol. The van der Waals surface area contributed by atoms with E-state index in [9.17, 15) is 4.79 Å². The van der Waals surface area contributed by atoms with Gasteiger partial charge in [-0.05, 0) is 35.9 Å². The standard InChI is InChI=1S/C19H16ClN5O/c20-17-2-1-3-18-16(17)8-9-24(18)11-19(26)23-15-6-4-14(5-7-15)10-25-13-21-12-22-25/h1-9,12-13H,10-11H2,(H,23,26). The molecule has 6 nitrogen and oxygen atoms in total. The molecule has 2 aromatic heterocycles. The van der Waals surface area contributed by atoms with E-state index in [2.05, 4.69) is 15.4 Å². The largest absolute Gasteiger partial charge is 0.338 e. The Balaban J connectivity index is 1.42. The Bertz CT molecular complexity index is 1040. The Hall–Kier alpha value is -3.12. The lowest BCUT2D eigenvalue weighted by Gasteiger charge is -2.09. The molecule has 4 rings (SSSR count). The maximum absolute atomic E-state index is 12.4. The molecule has 0 aliphatic carbocycles. The van der Waals surface area contributed by atoms with Crippen molar-refractivity contribution in [2.45, 2.75) is 13.1 Å². The van der Waals surface area contributed by atoms with Crippen molar-refractivity contribution in [3.8, 4) is 0 Å². The van der Waals surface area contributed by atoms with Gasteiger partial charge in [-0.15, -0.1) is 0 Å². The van der Waals surface area contributed by atoms with Crippen molar-refractivity contribution >= 4 is 34.1 Å². The summed E-state index contributed by atoms with van der Waals surface area (Å²) in [7, 11) is 0. The number of nitrogens with one attached hydrogen (secondary N) is 1. The van der Waals surface area contributed by atoms with Crippen molar-refractivity contribution in [2.24, 2.45) is 0 Å². The van der Waals surface area contributed by atoms with E-state index in [1.54, 1.807) is 11.0 Å². The van der Waals surface area contributed by atoms with Crippen LogP contribution in [-0.4, -0.2) is 25.2 Å². The number of halogens is 1. The van der Waals surface area contributed by atoms with Crippen molar-refractivity contribution < 1.29 is 4.79 Å². The van der Waals surface area contributed by atoms with Crippen LogP contribution in [0.1, 0.15) is 5.56 Å². The first kappa shape index (κ1) is 16.4. The summed E-state index contributed by atoms with van der Waals surface area (Å²) in [4.78, 5) is 16.3. The van der Waals surface area contributed by atoms with Gasteiger partial charge in [0.2, 0.25) is 5.91 Å². The Morgan fingerprint density at radius 2 is 1.96 bits per heavy atom. The van der Waals surface area contributed by atoms with Crippen LogP contribution >= 0.6 is 11.6 Å². The predicted molar refractivity (Wildman–Crippen MR) is 101 cm³/mol. The van der Waals surface area contributed by atoms with Gasteiger partial charge in [0.25, 0.3) is 0 Å². The van der Waals surface area contributed by atoms with E-state index in [0.29, 0.717) is 11.6 Å². The van der Waals surface area contributed by atoms with Crippen LogP contribution in [0.25, 0.3) is 10.9 Å². The lowest BCUT2D eigenvalue weighted by molar-refractivity contribution is -0.116. The van der Waals surface area contributed by atoms with Crippen molar-refractivity contribution in [1.29, 1.82) is 0 Å². The molecule has 2 aromatic carbocycles. The second kappa shape index (κ2) is 7.01. The monoisotopic (exact) mass is 365 g/mol. The first-order chi connectivity index (χ1) is 12.7. The van der Waals surface area contributed by atoms with Gasteiger partial charge in [-0.1, -0.05) is 29.8 Å². The summed E-state index contributed by atoms with van der Waals surface area (Å²) in [5.41, 5.74) is 2.78. The number of aromatic nitrogens is 4. The van der Waals surface area contributed by atoms with Gasteiger partial charge < -0.3 is 9.88 Å². The third-order valence-electron chi connectivity index (χ3n) is 4.12. The summed E-state index contributed by atoms with van der Waals surface area (Å²) >= 11 is 6.18. The lowest BCUT2D eigenvalue weighted by Crippen LogP contribution is -2.18. The summed E-state index contributed by atoms with van der Waals surface area (Å²) in [6.45, 7) is 0.870. The van der Waals surface area contributed by atoms with E-state index in [1.807, 2.05) is 59.3 Å². The molecule has 1 N–H and O–H groups in total. The smallest absolute Gasteiger partial charge is 0.244 e. The van der Waals surface area contributed by atoms with E-state index in [4.69, 9.17) is 11.6 Å². The zero-order valence-corrected chi connectivity index (χ0v) is 14.6. The minimum Gasteiger partial charge on any atom is -0.338 e. The van der Waals surface area contributed by atoms with Crippen LogP contribution in [0, 0.1) is 0 Å². The molecule has 0 bridgehead atoms. The molecule has 0 aliphatic rings. The van der Waals surface area contributed by atoms with Crippen LogP contribution in [0.2, 0.25) is 5.02 Å². The number of carbonyl (C=O) groups excluding carboxylic acids is 1. The van der Waals surface area contributed by atoms with E-state index < -0.39 is 0 Å². The van der Waals surface area contributed by atoms with Crippen LogP contribution in [0.4, 0.5) is 5.69 Å². The van der Waals surface area contributed by atoms with Gasteiger partial charge in [0.1, 0.15) is 19.2 Å². The summed E-state index contributed by atoms with van der Waals surface area (Å²) in [5.74, 6) is -0.0912. The minimum atomic E-state index is -0.0912. The molecule has 1 amide bonds. The molecule has 130 valence electrons. The Morgan fingerprint density at radius 3 is 2.73 bits per heavy atom. The lowest BCUT2D eigenvalue weighted by atomic mass is 10.2. The minimum absolute atomic E-state index is 0.0912. The van der Waals surface area contributed by atoms with Crippen LogP contribution in [0.5, 0.6) is 0 Å². The van der Waals surface area contributed by atoms with Crippen molar-refractivity contribution in [1.82, 2.24) is 19.3 Å². The predicted octanol–water partition coefficient (Wildman–Crippen LogP) is 3.57. The zero-order valence-electron chi connectivity index (χ0n) is 13.8. The van der Waals surface area contributed by atoms with Gasteiger partial charge in [-0.25, -0.2) is 9.67 Å². The molecule has 0 aliphatic heterocycles. The quantitative estimate of drug-likeness (QED) is 0.588. The first-order valence-corrected chi connectivity index (χ1v) is 8.51. The highest BCUT2D eigenvalue weighted by Gasteiger charge is 2.08. The molecular formula is C19H16ClN5O. The number of benzene rings is 2. The number of nitrogens with zero attached hydrogens (tertiary/aromatic N) is 4. The molecule has 0 fully saturated rings. The molecule has 0 radical (unpaired) electrons. The molecule has 26 heavy (non-hydrogen) atoms. The van der Waals surface area contributed by atoms with E-state index in [-0.39, 0.29) is 12.5 Å². The van der Waals surface area contributed by atoms with Gasteiger partial charge in [-0.2, -0.15) is 5.10 Å². The van der Waals surface area contributed by atoms with Crippen LogP contribution in [0.3, 0.4) is 0 Å². The molecule has 2 heterocycles. The maximum atomic E-state index is 12.4. The van der Waals surface area contributed by atoms with E-state index in [1.165, 1.54) is 6.33 Å². The Kier molecular flexibility index (Phi) is 4.41. The molecule has 0 saturated heterocycles. The first-order valence-electron chi connectivity index (χ1n) is 8.13. The van der Waals surface area contributed by atoms with Crippen molar-refractivity contribution in [3.05, 3.63) is 78.0 Å². The topological polar surface area (TPSA) is 64.7 Å². The van der Waals surface area contributed by atoms with E-state index in [0.717, 1.165) is 22.2 Å². The summed E-state index contributed by atoms with van der Waals surface area (Å²) < 4.78 is 3.63. The molecule has 0 saturated carbocycles. The molecule has 0 unspecified atom stereocenters. The number of fused-ring (bicyclic) bond motifs is 1. The maximum Gasteiger partial charge on any atom is 0.244 e. The van der Waals surface area contributed by atoms with Crippen molar-refractivity contribution in [3.63, 3.8) is 0 Å². The second-order valence-corrected chi connectivity index (χ2v) is 6.36. The molecule has 4 aromatic rings. The highest BCUT2D eigenvalue weighted by atomic mass is 35.5. The van der Waals surface area contributed by atoms with Gasteiger partial charge in [0, 0.05) is 27.8 Å². The SMILES string of the molecule is O=C(Cn1ccc2c(Cl)cccc21)Nc1ccc(Cn2cncn2)cc1. The third-order valence-corrected chi connectivity index (χ3v) is 4.45. The number of rotatable bonds is 5. The fraction of sp³-hybridized carbons (Fsp3) is 0.105. The fourth-order valence-corrected chi connectivity index (χ4v) is 3.11. The molecule has 0 spiro atoms. The van der Waals surface area contributed by atoms with Crippen molar-refractivity contribution in [2.75, 3.05) is 5.32 Å². The van der Waals surface area contributed by atoms with E-state index >= 15 is 0 Å². The van der Waals surface area contributed by atoms with Gasteiger partial charge >= 0.3 is 0 Å². The zero-order chi connectivity index (χ0) is 17.9. The number of hydrogen-bond donors (Lipinski definition) is 1. The fourth-order valence-electron chi connectivity index (χ4n) is 2.87. The van der Waals surface area contributed by atoms with Crippen LogP contribution in [0.15, 0.2) is 67.4 Å². The molecular weight excluding hydrogens is 350 g/mol. The molecule has 0 atom stereocenters. The highest BCUT2D eigenvalue weighted by molar-refractivity contribution is 6.35. The Labute approximate surface area is 155 Å². The van der Waals surface area contributed by atoms with Gasteiger partial charge in [0.15, 0.2) is 0 Å². The highest BCUT2D eigenvalue weighted by Crippen LogP contribution is 2.24. The summed E-state index contributed by atoms with van der Waals surface area (Å²) in [6, 6.07) is 15.3. The molecule has 7 heteroatoms. The summed E-state index contributed by atoms with van der Waals surface area (Å²) in [6.07, 6.45) is 5.05. The normalized spacial score (nSPS) is 11.0. The van der Waals surface area contributed by atoms with Gasteiger partial charge in [0.05, 0.1) is 6.54 Å². The van der Waals surface area contributed by atoms with Crippen LogP contribution in [-0.2, 0) is 17.9 Å². The summed E-state index contributed by atoms with van der Waals surface area (Å²) in [5, 5.41) is 8.63. The number of amides is 1. The number of anilines is 1. The Morgan fingerprint density at radius 1 is 1.12 bits per heavy atom. The number of carbonyl (C=O) groups is 1. The third kappa shape index (κ3) is 3.45.